The lowest BCUT2D eigenvalue weighted by molar-refractivity contribution is -0.137. The highest BCUT2D eigenvalue weighted by atomic mass is 79.9. The van der Waals surface area contributed by atoms with Gasteiger partial charge in [0.2, 0.25) is 0 Å². The molecule has 9 heteroatoms. The van der Waals surface area contributed by atoms with E-state index in [4.69, 9.17) is 9.47 Å². The van der Waals surface area contributed by atoms with Gasteiger partial charge >= 0.3 is 0 Å². The molecule has 1 fully saturated rings. The molecule has 2 amide bonds. The van der Waals surface area contributed by atoms with Crippen LogP contribution in [0.25, 0.3) is 5.69 Å². The molecule has 1 N–H and O–H groups in total. The number of hydrogen-bond donors (Lipinski definition) is 1. The molecular formula is C26H27BrN4O4. The van der Waals surface area contributed by atoms with Crippen LogP contribution in [0.5, 0.6) is 5.75 Å². The maximum Gasteiger partial charge on any atom is 0.271 e. The number of morpholine rings is 1. The van der Waals surface area contributed by atoms with E-state index >= 15 is 0 Å². The molecule has 2 aromatic carbocycles. The molecular weight excluding hydrogens is 512 g/mol. The second-order valence-electron chi connectivity index (χ2n) is 8.17. The minimum Gasteiger partial charge on any atom is -0.483 e. The number of aromatic nitrogens is 1. The van der Waals surface area contributed by atoms with Gasteiger partial charge in [-0.3, -0.25) is 9.59 Å². The van der Waals surface area contributed by atoms with Gasteiger partial charge in [-0.15, -0.1) is 0 Å². The topological polar surface area (TPSA) is 85.2 Å². The van der Waals surface area contributed by atoms with Crippen LogP contribution in [0.2, 0.25) is 0 Å². The van der Waals surface area contributed by atoms with Gasteiger partial charge in [0.05, 0.1) is 23.9 Å². The van der Waals surface area contributed by atoms with Crippen LogP contribution in [-0.2, 0) is 9.53 Å². The summed E-state index contributed by atoms with van der Waals surface area (Å²) >= 11 is 3.47. The second kappa shape index (κ2) is 11.3. The predicted molar refractivity (Wildman–Crippen MR) is 137 cm³/mol. The summed E-state index contributed by atoms with van der Waals surface area (Å²) in [4.78, 5) is 26.6. The van der Waals surface area contributed by atoms with Crippen LogP contribution in [0.1, 0.15) is 27.3 Å². The van der Waals surface area contributed by atoms with Gasteiger partial charge in [-0.2, -0.15) is 5.10 Å². The third-order valence-corrected chi connectivity index (χ3v) is 6.31. The smallest absolute Gasteiger partial charge is 0.271 e. The van der Waals surface area contributed by atoms with Crippen molar-refractivity contribution in [2.45, 2.75) is 13.8 Å². The van der Waals surface area contributed by atoms with Crippen molar-refractivity contribution in [1.29, 1.82) is 0 Å². The molecule has 8 nitrogen and oxygen atoms in total. The Morgan fingerprint density at radius 1 is 1.09 bits per heavy atom. The molecule has 0 atom stereocenters. The van der Waals surface area contributed by atoms with Crippen molar-refractivity contribution >= 4 is 34.0 Å². The number of hydrogen-bond acceptors (Lipinski definition) is 5. The molecule has 2 heterocycles. The molecule has 0 spiro atoms. The zero-order valence-electron chi connectivity index (χ0n) is 19.7. The fourth-order valence-electron chi connectivity index (χ4n) is 3.85. The Labute approximate surface area is 212 Å². The molecule has 35 heavy (non-hydrogen) atoms. The summed E-state index contributed by atoms with van der Waals surface area (Å²) in [5.74, 6) is 0.186. The Morgan fingerprint density at radius 2 is 1.83 bits per heavy atom. The summed E-state index contributed by atoms with van der Waals surface area (Å²) in [5, 5.41) is 4.09. The van der Waals surface area contributed by atoms with Crippen LogP contribution in [0.4, 0.5) is 0 Å². The Kier molecular flexibility index (Phi) is 7.99. The summed E-state index contributed by atoms with van der Waals surface area (Å²) in [7, 11) is 0. The van der Waals surface area contributed by atoms with Gasteiger partial charge in [0, 0.05) is 35.7 Å². The molecule has 1 saturated heterocycles. The number of rotatable bonds is 7. The summed E-state index contributed by atoms with van der Waals surface area (Å²) in [6, 6.07) is 16.9. The van der Waals surface area contributed by atoms with Crippen LogP contribution in [-0.4, -0.2) is 60.4 Å². The first-order valence-electron chi connectivity index (χ1n) is 11.3. The van der Waals surface area contributed by atoms with E-state index in [9.17, 15) is 9.59 Å². The van der Waals surface area contributed by atoms with Crippen molar-refractivity contribution in [3.8, 4) is 11.4 Å². The molecule has 0 unspecified atom stereocenters. The van der Waals surface area contributed by atoms with Gasteiger partial charge in [0.1, 0.15) is 5.75 Å². The first-order valence-corrected chi connectivity index (χ1v) is 12.1. The molecule has 1 aliphatic heterocycles. The largest absolute Gasteiger partial charge is 0.483 e. The second-order valence-corrected chi connectivity index (χ2v) is 9.03. The van der Waals surface area contributed by atoms with Gasteiger partial charge in [-0.05, 0) is 83.9 Å². The minimum absolute atomic E-state index is 0.0385. The Balaban J connectivity index is 1.34. The van der Waals surface area contributed by atoms with Crippen LogP contribution in [0.3, 0.4) is 0 Å². The van der Waals surface area contributed by atoms with E-state index in [0.717, 1.165) is 22.6 Å². The van der Waals surface area contributed by atoms with E-state index in [2.05, 4.69) is 31.0 Å². The third kappa shape index (κ3) is 6.17. The fourth-order valence-corrected chi connectivity index (χ4v) is 4.36. The van der Waals surface area contributed by atoms with Crippen LogP contribution < -0.4 is 10.2 Å². The van der Waals surface area contributed by atoms with Crippen molar-refractivity contribution in [2.75, 3.05) is 32.9 Å². The SMILES string of the molecule is Cc1ccc(C)n1-c1cccc(C(=O)N/N=C\c2ccc(OCC(=O)N3CCOCC3)c(Br)c2)c1. The molecule has 182 valence electrons. The Morgan fingerprint density at radius 3 is 2.54 bits per heavy atom. The fraction of sp³-hybridized carbons (Fsp3) is 0.269. The zero-order valence-corrected chi connectivity index (χ0v) is 21.2. The molecule has 0 radical (unpaired) electrons. The maximum absolute atomic E-state index is 12.6. The van der Waals surface area contributed by atoms with E-state index in [1.54, 1.807) is 29.3 Å². The van der Waals surface area contributed by atoms with Crippen LogP contribution in [0, 0.1) is 13.8 Å². The highest BCUT2D eigenvalue weighted by Gasteiger charge is 2.17. The average molecular weight is 539 g/mol. The molecule has 1 aromatic heterocycles. The number of carbonyl (C=O) groups excluding carboxylic acids is 2. The number of amides is 2. The van der Waals surface area contributed by atoms with Crippen molar-refractivity contribution in [3.63, 3.8) is 0 Å². The predicted octanol–water partition coefficient (Wildman–Crippen LogP) is 3.86. The average Bonchev–Trinajstić information content (AvgIpc) is 3.21. The first kappa shape index (κ1) is 24.7. The van der Waals surface area contributed by atoms with Crippen LogP contribution in [0.15, 0.2) is 64.2 Å². The van der Waals surface area contributed by atoms with E-state index in [1.165, 1.54) is 0 Å². The van der Waals surface area contributed by atoms with Crippen molar-refractivity contribution in [2.24, 2.45) is 5.10 Å². The zero-order chi connectivity index (χ0) is 24.8. The highest BCUT2D eigenvalue weighted by Crippen LogP contribution is 2.25. The lowest BCUT2D eigenvalue weighted by Crippen LogP contribution is -2.43. The molecule has 1 aliphatic rings. The number of carbonyl (C=O) groups is 2. The molecule has 0 aliphatic carbocycles. The Hall–Kier alpha value is -3.43. The van der Waals surface area contributed by atoms with Gasteiger partial charge in [0.15, 0.2) is 6.61 Å². The normalized spacial score (nSPS) is 13.7. The first-order chi connectivity index (χ1) is 16.9. The van der Waals surface area contributed by atoms with Crippen molar-refractivity contribution in [3.05, 3.63) is 81.6 Å². The summed E-state index contributed by atoms with van der Waals surface area (Å²) in [6.45, 7) is 6.29. The molecule has 0 saturated carbocycles. The van der Waals surface area contributed by atoms with Crippen LogP contribution >= 0.6 is 15.9 Å². The minimum atomic E-state index is -0.300. The Bertz CT molecular complexity index is 1230. The van der Waals surface area contributed by atoms with E-state index in [-0.39, 0.29) is 18.4 Å². The number of nitrogens with zero attached hydrogens (tertiary/aromatic N) is 3. The number of benzene rings is 2. The maximum atomic E-state index is 12.6. The van der Waals surface area contributed by atoms with E-state index < -0.39 is 0 Å². The number of nitrogens with one attached hydrogen (secondary N) is 1. The lowest BCUT2D eigenvalue weighted by atomic mass is 10.2. The van der Waals surface area contributed by atoms with Crippen molar-refractivity contribution in [1.82, 2.24) is 14.9 Å². The number of halogens is 1. The van der Waals surface area contributed by atoms with Gasteiger partial charge in [-0.25, -0.2) is 5.43 Å². The quantitative estimate of drug-likeness (QED) is 0.365. The van der Waals surface area contributed by atoms with Gasteiger partial charge in [-0.1, -0.05) is 6.07 Å². The van der Waals surface area contributed by atoms with Crippen molar-refractivity contribution < 1.29 is 19.1 Å². The number of aryl methyl sites for hydroxylation is 2. The summed E-state index contributed by atoms with van der Waals surface area (Å²) in [5.41, 5.74) is 6.97. The summed E-state index contributed by atoms with van der Waals surface area (Å²) in [6.07, 6.45) is 1.55. The standard InChI is InChI=1S/C26H27BrN4O4/c1-18-6-7-19(2)31(18)22-5-3-4-21(15-22)26(33)29-28-16-20-8-9-24(23(27)14-20)35-17-25(32)30-10-12-34-13-11-30/h3-9,14-16H,10-13,17H2,1-2H3,(H,29,33)/b28-16-. The molecule has 4 rings (SSSR count). The monoisotopic (exact) mass is 538 g/mol. The van der Waals surface area contributed by atoms with E-state index in [0.29, 0.717) is 42.1 Å². The van der Waals surface area contributed by atoms with E-state index in [1.807, 2.05) is 50.2 Å². The molecule has 3 aromatic rings. The van der Waals surface area contributed by atoms with Gasteiger partial charge in [0.25, 0.3) is 11.8 Å². The molecule has 0 bridgehead atoms. The lowest BCUT2D eigenvalue weighted by Gasteiger charge is -2.26. The van der Waals surface area contributed by atoms with Gasteiger partial charge < -0.3 is 18.9 Å². The number of hydrazone groups is 1. The number of ether oxygens (including phenoxy) is 2. The highest BCUT2D eigenvalue weighted by molar-refractivity contribution is 9.10. The third-order valence-electron chi connectivity index (χ3n) is 5.69. The summed E-state index contributed by atoms with van der Waals surface area (Å²) < 4.78 is 13.7.